The monoisotopic (exact) mass is 216 g/mol. The van der Waals surface area contributed by atoms with Crippen LogP contribution in [-0.2, 0) is 9.53 Å². The normalized spacial score (nSPS) is 17.7. The van der Waals surface area contributed by atoms with Crippen LogP contribution in [-0.4, -0.2) is 43.2 Å². The lowest BCUT2D eigenvalue weighted by Crippen LogP contribution is -2.44. The number of thiocarbonyl (C=S) groups is 1. The number of hydrogen-bond acceptors (Lipinski definition) is 3. The van der Waals surface area contributed by atoms with Crippen molar-refractivity contribution in [2.45, 2.75) is 12.8 Å². The average molecular weight is 216 g/mol. The van der Waals surface area contributed by atoms with Crippen LogP contribution in [0, 0.1) is 5.92 Å². The molecule has 0 saturated carbocycles. The van der Waals surface area contributed by atoms with Crippen molar-refractivity contribution in [3.8, 4) is 0 Å². The van der Waals surface area contributed by atoms with E-state index in [0.717, 1.165) is 31.0 Å². The smallest absolute Gasteiger partial charge is 0.308 e. The molecular formula is C9H16N2O2S. The van der Waals surface area contributed by atoms with Crippen LogP contribution in [0.5, 0.6) is 0 Å². The van der Waals surface area contributed by atoms with Gasteiger partial charge in [0.2, 0.25) is 0 Å². The number of methoxy groups -OCH3 is 1. The molecule has 0 unspecified atom stereocenters. The van der Waals surface area contributed by atoms with E-state index in [1.807, 2.05) is 7.05 Å². The molecule has 1 saturated heterocycles. The Balaban J connectivity index is 2.38. The summed E-state index contributed by atoms with van der Waals surface area (Å²) in [4.78, 5) is 13.3. The Bertz CT molecular complexity index is 201. The van der Waals surface area contributed by atoms with Crippen molar-refractivity contribution in [3.05, 3.63) is 0 Å². The summed E-state index contributed by atoms with van der Waals surface area (Å²) in [6.45, 7) is 1.67. The van der Waals surface area contributed by atoms with Crippen LogP contribution >= 0.6 is 12.2 Å². The fourth-order valence-corrected chi connectivity index (χ4v) is 1.83. The van der Waals surface area contributed by atoms with E-state index in [0.29, 0.717) is 0 Å². The highest BCUT2D eigenvalue weighted by molar-refractivity contribution is 7.80. The van der Waals surface area contributed by atoms with E-state index in [-0.39, 0.29) is 11.9 Å². The summed E-state index contributed by atoms with van der Waals surface area (Å²) in [6, 6.07) is 0. The number of carbonyl (C=O) groups excluding carboxylic acids is 1. The minimum atomic E-state index is -0.0972. The predicted molar refractivity (Wildman–Crippen MR) is 58.0 cm³/mol. The van der Waals surface area contributed by atoms with Gasteiger partial charge in [-0.25, -0.2) is 0 Å². The van der Waals surface area contributed by atoms with Gasteiger partial charge in [0.05, 0.1) is 13.0 Å². The molecule has 4 nitrogen and oxygen atoms in total. The van der Waals surface area contributed by atoms with E-state index in [1.54, 1.807) is 0 Å². The summed E-state index contributed by atoms with van der Waals surface area (Å²) in [5.74, 6) is -0.0454. The molecule has 0 aromatic carbocycles. The molecule has 14 heavy (non-hydrogen) atoms. The van der Waals surface area contributed by atoms with Gasteiger partial charge in [-0.2, -0.15) is 0 Å². The molecule has 1 fully saturated rings. The first-order valence-corrected chi connectivity index (χ1v) is 5.14. The molecule has 0 atom stereocenters. The van der Waals surface area contributed by atoms with Gasteiger partial charge in [-0.3, -0.25) is 4.79 Å². The zero-order valence-electron chi connectivity index (χ0n) is 8.58. The second-order valence-corrected chi connectivity index (χ2v) is 3.73. The summed E-state index contributed by atoms with van der Waals surface area (Å²) >= 11 is 5.11. The lowest BCUT2D eigenvalue weighted by Gasteiger charge is -2.32. The quantitative estimate of drug-likeness (QED) is 0.507. The van der Waals surface area contributed by atoms with Crippen LogP contribution in [0.3, 0.4) is 0 Å². The van der Waals surface area contributed by atoms with Crippen LogP contribution in [0.4, 0.5) is 0 Å². The van der Waals surface area contributed by atoms with E-state index in [2.05, 4.69) is 10.2 Å². The highest BCUT2D eigenvalue weighted by Crippen LogP contribution is 2.18. The molecule has 1 aliphatic heterocycles. The molecule has 0 aliphatic carbocycles. The molecule has 0 bridgehead atoms. The highest BCUT2D eigenvalue weighted by Gasteiger charge is 2.26. The Morgan fingerprint density at radius 1 is 1.50 bits per heavy atom. The summed E-state index contributed by atoms with van der Waals surface area (Å²) in [7, 11) is 3.25. The number of nitrogens with one attached hydrogen (secondary N) is 1. The second-order valence-electron chi connectivity index (χ2n) is 3.34. The van der Waals surface area contributed by atoms with Crippen molar-refractivity contribution in [1.82, 2.24) is 10.2 Å². The number of piperidine rings is 1. The minimum absolute atomic E-state index is 0.0518. The number of carbonyl (C=O) groups is 1. The maximum atomic E-state index is 11.2. The zero-order chi connectivity index (χ0) is 10.6. The zero-order valence-corrected chi connectivity index (χ0v) is 9.39. The molecule has 1 aliphatic rings. The second kappa shape index (κ2) is 5.14. The van der Waals surface area contributed by atoms with E-state index in [1.165, 1.54) is 7.11 Å². The topological polar surface area (TPSA) is 41.6 Å². The van der Waals surface area contributed by atoms with E-state index in [9.17, 15) is 4.79 Å². The minimum Gasteiger partial charge on any atom is -0.469 e. The van der Waals surface area contributed by atoms with Crippen molar-refractivity contribution in [1.29, 1.82) is 0 Å². The van der Waals surface area contributed by atoms with Crippen LogP contribution in [0.15, 0.2) is 0 Å². The first-order chi connectivity index (χ1) is 6.69. The van der Waals surface area contributed by atoms with Crippen molar-refractivity contribution in [3.63, 3.8) is 0 Å². The van der Waals surface area contributed by atoms with Crippen molar-refractivity contribution >= 4 is 23.3 Å². The van der Waals surface area contributed by atoms with Crippen molar-refractivity contribution < 1.29 is 9.53 Å². The first-order valence-electron chi connectivity index (χ1n) is 4.73. The third kappa shape index (κ3) is 2.57. The van der Waals surface area contributed by atoms with Crippen LogP contribution in [0.2, 0.25) is 0 Å². The standard InChI is InChI=1S/C9H16N2O2S/c1-10-9(14)11-5-3-7(4-6-11)8(12)13-2/h7H,3-6H2,1-2H3,(H,10,14). The van der Waals surface area contributed by atoms with Gasteiger partial charge in [0.15, 0.2) is 5.11 Å². The number of esters is 1. The Kier molecular flexibility index (Phi) is 4.13. The van der Waals surface area contributed by atoms with E-state index in [4.69, 9.17) is 17.0 Å². The van der Waals surface area contributed by atoms with Gasteiger partial charge in [-0.1, -0.05) is 0 Å². The number of ether oxygens (including phenoxy) is 1. The summed E-state index contributed by atoms with van der Waals surface area (Å²) in [5, 5.41) is 3.69. The Labute approximate surface area is 89.6 Å². The van der Waals surface area contributed by atoms with Crippen LogP contribution < -0.4 is 5.32 Å². The maximum Gasteiger partial charge on any atom is 0.308 e. The molecule has 0 amide bonds. The number of rotatable bonds is 1. The lowest BCUT2D eigenvalue weighted by molar-refractivity contribution is -0.146. The Hall–Kier alpha value is -0.840. The molecule has 5 heteroatoms. The summed E-state index contributed by atoms with van der Waals surface area (Å²) < 4.78 is 4.71. The highest BCUT2D eigenvalue weighted by atomic mass is 32.1. The largest absolute Gasteiger partial charge is 0.469 e. The van der Waals surface area contributed by atoms with Crippen LogP contribution in [0.1, 0.15) is 12.8 Å². The third-order valence-corrected chi connectivity index (χ3v) is 2.99. The molecule has 0 aromatic heterocycles. The van der Waals surface area contributed by atoms with Gasteiger partial charge in [-0.15, -0.1) is 0 Å². The van der Waals surface area contributed by atoms with Gasteiger partial charge >= 0.3 is 5.97 Å². The average Bonchev–Trinajstić information content (AvgIpc) is 2.27. The van der Waals surface area contributed by atoms with E-state index < -0.39 is 0 Å². The Morgan fingerprint density at radius 2 is 2.07 bits per heavy atom. The van der Waals surface area contributed by atoms with Gasteiger partial charge in [0.25, 0.3) is 0 Å². The summed E-state index contributed by atoms with van der Waals surface area (Å²) in [5.41, 5.74) is 0. The molecule has 0 radical (unpaired) electrons. The summed E-state index contributed by atoms with van der Waals surface area (Å²) in [6.07, 6.45) is 1.66. The molecular weight excluding hydrogens is 200 g/mol. The van der Waals surface area contributed by atoms with Gasteiger partial charge in [0.1, 0.15) is 0 Å². The van der Waals surface area contributed by atoms with Gasteiger partial charge in [-0.05, 0) is 25.1 Å². The third-order valence-electron chi connectivity index (χ3n) is 2.53. The van der Waals surface area contributed by atoms with Gasteiger partial charge in [0, 0.05) is 20.1 Å². The molecule has 0 aromatic rings. The molecule has 80 valence electrons. The Morgan fingerprint density at radius 3 is 2.50 bits per heavy atom. The predicted octanol–water partition coefficient (Wildman–Crippen LogP) is 0.376. The molecule has 1 rings (SSSR count). The number of likely N-dealkylation sites (tertiary alicyclic amines) is 1. The van der Waals surface area contributed by atoms with Crippen LogP contribution in [0.25, 0.3) is 0 Å². The SMILES string of the molecule is CNC(=S)N1CCC(C(=O)OC)CC1. The van der Waals surface area contributed by atoms with E-state index >= 15 is 0 Å². The lowest BCUT2D eigenvalue weighted by atomic mass is 9.97. The fraction of sp³-hybridized carbons (Fsp3) is 0.778. The first kappa shape index (κ1) is 11.2. The maximum absolute atomic E-state index is 11.2. The number of hydrogen-bond donors (Lipinski definition) is 1. The molecule has 1 N–H and O–H groups in total. The molecule has 1 heterocycles. The van der Waals surface area contributed by atoms with Crippen molar-refractivity contribution in [2.75, 3.05) is 27.2 Å². The van der Waals surface area contributed by atoms with Gasteiger partial charge < -0.3 is 15.0 Å². The number of nitrogens with zero attached hydrogens (tertiary/aromatic N) is 1. The molecule has 0 spiro atoms. The fourth-order valence-electron chi connectivity index (χ4n) is 1.64. The van der Waals surface area contributed by atoms with Crippen molar-refractivity contribution in [2.24, 2.45) is 5.92 Å².